The van der Waals surface area contributed by atoms with E-state index >= 15 is 0 Å². The van der Waals surface area contributed by atoms with Crippen LogP contribution in [-0.4, -0.2) is 20.4 Å². The van der Waals surface area contributed by atoms with Crippen molar-refractivity contribution in [3.8, 4) is 0 Å². The second kappa shape index (κ2) is 7.46. The number of sulfonamides is 1. The van der Waals surface area contributed by atoms with E-state index in [0.29, 0.717) is 12.1 Å². The Morgan fingerprint density at radius 2 is 1.96 bits per heavy atom. The van der Waals surface area contributed by atoms with E-state index in [9.17, 15) is 13.2 Å². The van der Waals surface area contributed by atoms with Gasteiger partial charge in [0.05, 0.1) is 11.4 Å². The van der Waals surface area contributed by atoms with Crippen molar-refractivity contribution in [3.05, 3.63) is 52.2 Å². The van der Waals surface area contributed by atoms with Gasteiger partial charge in [0.2, 0.25) is 10.0 Å². The second-order valence-electron chi connectivity index (χ2n) is 5.89. The summed E-state index contributed by atoms with van der Waals surface area (Å²) in [4.78, 5) is 13.4. The standard InChI is InChI=1S/C17H20N2O3S2/c20-17(18-12-15-8-4-10-23-15)13-5-3-9-16(11-13)24(21,22)19-14-6-1-2-7-14/h3-5,8-11,14,19H,1-2,6-7,12H2,(H,18,20). The van der Waals surface area contributed by atoms with Crippen LogP contribution in [-0.2, 0) is 16.6 Å². The number of hydrogen-bond donors (Lipinski definition) is 2. The number of nitrogens with one attached hydrogen (secondary N) is 2. The minimum absolute atomic E-state index is 0.00584. The van der Waals surface area contributed by atoms with E-state index in [1.165, 1.54) is 12.1 Å². The number of amides is 1. The Hall–Kier alpha value is -1.70. The predicted octanol–water partition coefficient (Wildman–Crippen LogP) is 2.90. The lowest BCUT2D eigenvalue weighted by molar-refractivity contribution is 0.0951. The number of carbonyl (C=O) groups excluding carboxylic acids is 1. The first-order valence-electron chi connectivity index (χ1n) is 7.97. The molecule has 0 saturated heterocycles. The highest BCUT2D eigenvalue weighted by Crippen LogP contribution is 2.21. The molecule has 1 aromatic heterocycles. The largest absolute Gasteiger partial charge is 0.347 e. The number of carbonyl (C=O) groups is 1. The van der Waals surface area contributed by atoms with Crippen molar-refractivity contribution in [3.63, 3.8) is 0 Å². The van der Waals surface area contributed by atoms with E-state index in [4.69, 9.17) is 0 Å². The summed E-state index contributed by atoms with van der Waals surface area (Å²) in [6, 6.07) is 10.0. The van der Waals surface area contributed by atoms with Crippen LogP contribution in [0.4, 0.5) is 0 Å². The Morgan fingerprint density at radius 1 is 1.17 bits per heavy atom. The third-order valence-electron chi connectivity index (χ3n) is 4.09. The molecule has 0 unspecified atom stereocenters. The number of rotatable bonds is 6. The van der Waals surface area contributed by atoms with Crippen LogP contribution in [0, 0.1) is 0 Å². The molecule has 0 bridgehead atoms. The molecule has 3 rings (SSSR count). The van der Waals surface area contributed by atoms with Crippen molar-refractivity contribution in [2.75, 3.05) is 0 Å². The van der Waals surface area contributed by atoms with Crippen LogP contribution in [0.2, 0.25) is 0 Å². The Bertz CT molecular complexity index is 795. The maximum atomic E-state index is 12.5. The summed E-state index contributed by atoms with van der Waals surface area (Å²) in [6.45, 7) is 0.438. The first kappa shape index (κ1) is 17.1. The normalized spacial score (nSPS) is 15.5. The van der Waals surface area contributed by atoms with Gasteiger partial charge in [-0.2, -0.15) is 0 Å². The van der Waals surface area contributed by atoms with Crippen LogP contribution in [0.25, 0.3) is 0 Å². The topological polar surface area (TPSA) is 75.3 Å². The third-order valence-corrected chi connectivity index (χ3v) is 6.48. The lowest BCUT2D eigenvalue weighted by atomic mass is 10.2. The maximum absolute atomic E-state index is 12.5. The molecular formula is C17H20N2O3S2. The Morgan fingerprint density at radius 3 is 2.67 bits per heavy atom. The van der Waals surface area contributed by atoms with Gasteiger partial charge in [0.1, 0.15) is 0 Å². The molecule has 1 saturated carbocycles. The Kier molecular flexibility index (Phi) is 5.33. The summed E-state index contributed by atoms with van der Waals surface area (Å²) in [5.74, 6) is -0.277. The minimum Gasteiger partial charge on any atom is -0.347 e. The van der Waals surface area contributed by atoms with Crippen LogP contribution in [0.3, 0.4) is 0 Å². The predicted molar refractivity (Wildman–Crippen MR) is 94.5 cm³/mol. The first-order valence-corrected chi connectivity index (χ1v) is 10.3. The van der Waals surface area contributed by atoms with Crippen LogP contribution in [0.15, 0.2) is 46.7 Å². The fourth-order valence-electron chi connectivity index (χ4n) is 2.82. The fraction of sp³-hybridized carbons (Fsp3) is 0.353. The van der Waals surface area contributed by atoms with Gasteiger partial charge in [0, 0.05) is 16.5 Å². The summed E-state index contributed by atoms with van der Waals surface area (Å²) >= 11 is 1.56. The van der Waals surface area contributed by atoms with Crippen molar-refractivity contribution in [2.24, 2.45) is 0 Å². The molecule has 0 radical (unpaired) electrons. The Labute approximate surface area is 146 Å². The molecule has 0 spiro atoms. The van der Waals surface area contributed by atoms with Gasteiger partial charge in [-0.3, -0.25) is 4.79 Å². The van der Waals surface area contributed by atoms with E-state index < -0.39 is 10.0 Å². The Balaban J connectivity index is 1.69. The van der Waals surface area contributed by atoms with Gasteiger partial charge in [-0.15, -0.1) is 11.3 Å². The lowest BCUT2D eigenvalue weighted by Gasteiger charge is -2.13. The molecule has 2 N–H and O–H groups in total. The highest BCUT2D eigenvalue weighted by atomic mass is 32.2. The SMILES string of the molecule is O=C(NCc1cccs1)c1cccc(S(=O)(=O)NC2CCCC2)c1. The summed E-state index contributed by atoms with van der Waals surface area (Å²) in [6.07, 6.45) is 3.86. The van der Waals surface area contributed by atoms with E-state index in [2.05, 4.69) is 10.0 Å². The van der Waals surface area contributed by atoms with Crippen LogP contribution in [0.5, 0.6) is 0 Å². The van der Waals surface area contributed by atoms with Crippen molar-refractivity contribution >= 4 is 27.3 Å². The molecule has 1 heterocycles. The summed E-state index contributed by atoms with van der Waals surface area (Å²) < 4.78 is 27.7. The molecular weight excluding hydrogens is 344 g/mol. The van der Waals surface area contributed by atoms with Gasteiger partial charge in [-0.05, 0) is 42.5 Å². The molecule has 1 aliphatic rings. The average Bonchev–Trinajstić information content (AvgIpc) is 3.26. The van der Waals surface area contributed by atoms with Crippen molar-refractivity contribution in [1.29, 1.82) is 0 Å². The number of thiophene rings is 1. The van der Waals surface area contributed by atoms with Crippen molar-refractivity contribution in [2.45, 2.75) is 43.2 Å². The average molecular weight is 364 g/mol. The van der Waals surface area contributed by atoms with Gasteiger partial charge in [-0.25, -0.2) is 13.1 Å². The van der Waals surface area contributed by atoms with E-state index in [1.54, 1.807) is 23.5 Å². The quantitative estimate of drug-likeness (QED) is 0.827. The van der Waals surface area contributed by atoms with E-state index in [-0.39, 0.29) is 16.8 Å². The molecule has 0 aliphatic heterocycles. The fourth-order valence-corrected chi connectivity index (χ4v) is 4.81. The maximum Gasteiger partial charge on any atom is 0.251 e. The highest BCUT2D eigenvalue weighted by Gasteiger charge is 2.23. The molecule has 1 aromatic carbocycles. The van der Waals surface area contributed by atoms with Crippen molar-refractivity contribution < 1.29 is 13.2 Å². The smallest absolute Gasteiger partial charge is 0.251 e. The number of hydrogen-bond acceptors (Lipinski definition) is 4. The summed E-state index contributed by atoms with van der Waals surface area (Å²) in [5, 5.41) is 4.76. The molecule has 0 atom stereocenters. The second-order valence-corrected chi connectivity index (χ2v) is 8.64. The third kappa shape index (κ3) is 4.23. The molecule has 7 heteroatoms. The van der Waals surface area contributed by atoms with Crippen LogP contribution >= 0.6 is 11.3 Å². The molecule has 1 amide bonds. The van der Waals surface area contributed by atoms with Crippen molar-refractivity contribution in [1.82, 2.24) is 10.0 Å². The van der Waals surface area contributed by atoms with Gasteiger partial charge >= 0.3 is 0 Å². The molecule has 128 valence electrons. The molecule has 24 heavy (non-hydrogen) atoms. The summed E-state index contributed by atoms with van der Waals surface area (Å²) in [7, 11) is -3.59. The van der Waals surface area contributed by atoms with E-state index in [1.807, 2.05) is 17.5 Å². The molecule has 5 nitrogen and oxygen atoms in total. The van der Waals surface area contributed by atoms with E-state index in [0.717, 1.165) is 30.6 Å². The number of benzene rings is 1. The monoisotopic (exact) mass is 364 g/mol. The zero-order chi connectivity index (χ0) is 17.0. The lowest BCUT2D eigenvalue weighted by Crippen LogP contribution is -2.32. The zero-order valence-electron chi connectivity index (χ0n) is 13.2. The zero-order valence-corrected chi connectivity index (χ0v) is 14.8. The van der Waals surface area contributed by atoms with Gasteiger partial charge in [-0.1, -0.05) is 25.0 Å². The first-order chi connectivity index (χ1) is 11.5. The van der Waals surface area contributed by atoms with Gasteiger partial charge in [0.15, 0.2) is 0 Å². The van der Waals surface area contributed by atoms with Crippen LogP contribution in [0.1, 0.15) is 40.9 Å². The minimum atomic E-state index is -3.59. The summed E-state index contributed by atoms with van der Waals surface area (Å²) in [5.41, 5.74) is 0.348. The van der Waals surface area contributed by atoms with Crippen LogP contribution < -0.4 is 10.0 Å². The van der Waals surface area contributed by atoms with Gasteiger partial charge in [0.25, 0.3) is 5.91 Å². The molecule has 1 fully saturated rings. The molecule has 2 aromatic rings. The van der Waals surface area contributed by atoms with Gasteiger partial charge < -0.3 is 5.32 Å². The highest BCUT2D eigenvalue weighted by molar-refractivity contribution is 7.89. The molecule has 1 aliphatic carbocycles.